The van der Waals surface area contributed by atoms with E-state index in [0.717, 1.165) is 4.47 Å². The van der Waals surface area contributed by atoms with E-state index in [1.165, 1.54) is 0 Å². The Hall–Kier alpha value is -1.07. The molecule has 0 spiro atoms. The number of methoxy groups -OCH3 is 1. The third-order valence-electron chi connectivity index (χ3n) is 2.77. The maximum atomic E-state index is 12.0. The number of ether oxygens (including phenoxy) is 2. The van der Waals surface area contributed by atoms with Crippen molar-refractivity contribution in [1.82, 2.24) is 0 Å². The van der Waals surface area contributed by atoms with Crippen LogP contribution in [0.25, 0.3) is 0 Å². The molecule has 1 aromatic carbocycles. The topological polar surface area (TPSA) is 55.8 Å². The van der Waals surface area contributed by atoms with Crippen molar-refractivity contribution in [2.24, 2.45) is 5.92 Å². The Balaban J connectivity index is 2.94. The van der Waals surface area contributed by atoms with Gasteiger partial charge in [-0.15, -0.1) is 0 Å². The van der Waals surface area contributed by atoms with Crippen LogP contribution >= 0.6 is 15.9 Å². The molecule has 2 atom stereocenters. The van der Waals surface area contributed by atoms with E-state index in [4.69, 9.17) is 9.47 Å². The standard InChI is InChI=1S/C15H21BrO4/c1-9(14(18)20-15(2,3)4)13(17)11-8-10(19-5)6-7-12(11)16/h6-9,13,17H,1-5H3. The molecule has 0 saturated heterocycles. The Morgan fingerprint density at radius 1 is 1.35 bits per heavy atom. The van der Waals surface area contributed by atoms with E-state index >= 15 is 0 Å². The lowest BCUT2D eigenvalue weighted by Crippen LogP contribution is -2.30. The number of aliphatic hydroxyl groups is 1. The zero-order chi connectivity index (χ0) is 15.5. The summed E-state index contributed by atoms with van der Waals surface area (Å²) in [4.78, 5) is 12.0. The Kier molecular flexibility index (Phi) is 5.59. The van der Waals surface area contributed by atoms with Gasteiger partial charge >= 0.3 is 5.97 Å². The van der Waals surface area contributed by atoms with Crippen LogP contribution < -0.4 is 4.74 Å². The van der Waals surface area contributed by atoms with Gasteiger partial charge in [0.15, 0.2) is 0 Å². The fraction of sp³-hybridized carbons (Fsp3) is 0.533. The van der Waals surface area contributed by atoms with Crippen LogP contribution in [-0.2, 0) is 9.53 Å². The second kappa shape index (κ2) is 6.59. The highest BCUT2D eigenvalue weighted by Crippen LogP contribution is 2.32. The van der Waals surface area contributed by atoms with Crippen LogP contribution in [0.3, 0.4) is 0 Å². The zero-order valence-corrected chi connectivity index (χ0v) is 14.0. The number of esters is 1. The molecule has 0 saturated carbocycles. The Labute approximate surface area is 128 Å². The fourth-order valence-electron chi connectivity index (χ4n) is 1.67. The molecule has 1 aromatic rings. The molecule has 4 nitrogen and oxygen atoms in total. The first-order chi connectivity index (χ1) is 9.15. The highest BCUT2D eigenvalue weighted by Gasteiger charge is 2.29. The minimum absolute atomic E-state index is 0.431. The molecule has 0 aliphatic rings. The van der Waals surface area contributed by atoms with Crippen molar-refractivity contribution in [3.63, 3.8) is 0 Å². The lowest BCUT2D eigenvalue weighted by molar-refractivity contribution is -0.163. The molecule has 0 aromatic heterocycles. The van der Waals surface area contributed by atoms with Gasteiger partial charge in [0.05, 0.1) is 19.1 Å². The summed E-state index contributed by atoms with van der Waals surface area (Å²) < 4.78 is 11.1. The largest absolute Gasteiger partial charge is 0.497 e. The third-order valence-corrected chi connectivity index (χ3v) is 3.50. The molecular formula is C15H21BrO4. The molecule has 0 bridgehead atoms. The lowest BCUT2D eigenvalue weighted by atomic mass is 9.97. The minimum atomic E-state index is -0.964. The summed E-state index contributed by atoms with van der Waals surface area (Å²) in [6.07, 6.45) is -0.964. The summed E-state index contributed by atoms with van der Waals surface area (Å²) in [6, 6.07) is 5.26. The van der Waals surface area contributed by atoms with Gasteiger partial charge in [0, 0.05) is 4.47 Å². The number of hydrogen-bond acceptors (Lipinski definition) is 4. The number of benzene rings is 1. The van der Waals surface area contributed by atoms with Crippen molar-refractivity contribution in [1.29, 1.82) is 0 Å². The summed E-state index contributed by atoms with van der Waals surface area (Å²) in [6.45, 7) is 7.03. The molecule has 0 heterocycles. The Bertz CT molecular complexity index is 479. The van der Waals surface area contributed by atoms with Gasteiger partial charge in [0.2, 0.25) is 0 Å². The highest BCUT2D eigenvalue weighted by atomic mass is 79.9. The van der Waals surface area contributed by atoms with Crippen LogP contribution in [0, 0.1) is 5.92 Å². The number of carbonyl (C=O) groups excluding carboxylic acids is 1. The molecule has 112 valence electrons. The quantitative estimate of drug-likeness (QED) is 0.849. The van der Waals surface area contributed by atoms with Crippen LogP contribution in [-0.4, -0.2) is 23.8 Å². The molecule has 2 unspecified atom stereocenters. The third kappa shape index (κ3) is 4.49. The van der Waals surface area contributed by atoms with Gasteiger partial charge < -0.3 is 14.6 Å². The van der Waals surface area contributed by atoms with Crippen molar-refractivity contribution in [2.75, 3.05) is 7.11 Å². The maximum absolute atomic E-state index is 12.0. The summed E-state index contributed by atoms with van der Waals surface area (Å²) in [5, 5.41) is 10.4. The van der Waals surface area contributed by atoms with Crippen molar-refractivity contribution < 1.29 is 19.4 Å². The van der Waals surface area contributed by atoms with Gasteiger partial charge in [-0.05, 0) is 51.5 Å². The summed E-state index contributed by atoms with van der Waals surface area (Å²) in [5.74, 6) is -0.476. The fourth-order valence-corrected chi connectivity index (χ4v) is 2.15. The van der Waals surface area contributed by atoms with Gasteiger partial charge in [-0.1, -0.05) is 15.9 Å². The average molecular weight is 345 g/mol. The second-order valence-electron chi connectivity index (χ2n) is 5.65. The van der Waals surface area contributed by atoms with Crippen LogP contribution in [0.5, 0.6) is 5.75 Å². The minimum Gasteiger partial charge on any atom is -0.497 e. The molecule has 0 radical (unpaired) electrons. The van der Waals surface area contributed by atoms with Crippen molar-refractivity contribution in [3.05, 3.63) is 28.2 Å². The van der Waals surface area contributed by atoms with E-state index in [0.29, 0.717) is 11.3 Å². The molecule has 1 N–H and O–H groups in total. The summed E-state index contributed by atoms with van der Waals surface area (Å²) in [7, 11) is 1.55. The highest BCUT2D eigenvalue weighted by molar-refractivity contribution is 9.10. The van der Waals surface area contributed by atoms with E-state index in [1.54, 1.807) is 53.0 Å². The van der Waals surface area contributed by atoms with Gasteiger partial charge in [-0.2, -0.15) is 0 Å². The van der Waals surface area contributed by atoms with Crippen LogP contribution in [0.1, 0.15) is 39.4 Å². The van der Waals surface area contributed by atoms with Crippen molar-refractivity contribution >= 4 is 21.9 Å². The Morgan fingerprint density at radius 2 is 1.95 bits per heavy atom. The van der Waals surface area contributed by atoms with Gasteiger partial charge in [0.25, 0.3) is 0 Å². The molecule has 1 rings (SSSR count). The predicted molar refractivity (Wildman–Crippen MR) is 80.7 cm³/mol. The molecular weight excluding hydrogens is 324 g/mol. The normalized spacial score (nSPS) is 14.6. The van der Waals surface area contributed by atoms with Crippen LogP contribution in [0.2, 0.25) is 0 Å². The van der Waals surface area contributed by atoms with Crippen LogP contribution in [0.15, 0.2) is 22.7 Å². The first kappa shape index (κ1) is 17.0. The van der Waals surface area contributed by atoms with E-state index in [-0.39, 0.29) is 0 Å². The molecule has 0 fully saturated rings. The number of hydrogen-bond donors (Lipinski definition) is 1. The zero-order valence-electron chi connectivity index (χ0n) is 12.4. The molecule has 5 heteroatoms. The molecule has 0 aliphatic heterocycles. The van der Waals surface area contributed by atoms with E-state index in [9.17, 15) is 9.90 Å². The summed E-state index contributed by atoms with van der Waals surface area (Å²) >= 11 is 3.37. The first-order valence-electron chi connectivity index (χ1n) is 6.40. The Morgan fingerprint density at radius 3 is 2.45 bits per heavy atom. The number of aliphatic hydroxyl groups excluding tert-OH is 1. The number of halogens is 1. The van der Waals surface area contributed by atoms with E-state index in [2.05, 4.69) is 15.9 Å². The van der Waals surface area contributed by atoms with Gasteiger partial charge in [-0.3, -0.25) is 4.79 Å². The van der Waals surface area contributed by atoms with Crippen molar-refractivity contribution in [2.45, 2.75) is 39.4 Å². The lowest BCUT2D eigenvalue weighted by Gasteiger charge is -2.25. The van der Waals surface area contributed by atoms with Gasteiger partial charge in [-0.25, -0.2) is 0 Å². The number of carbonyl (C=O) groups is 1. The van der Waals surface area contributed by atoms with E-state index in [1.807, 2.05) is 0 Å². The van der Waals surface area contributed by atoms with Crippen LogP contribution in [0.4, 0.5) is 0 Å². The van der Waals surface area contributed by atoms with Gasteiger partial charge in [0.1, 0.15) is 11.4 Å². The smallest absolute Gasteiger partial charge is 0.312 e. The predicted octanol–water partition coefficient (Wildman–Crippen LogP) is 3.47. The van der Waals surface area contributed by atoms with E-state index < -0.39 is 23.6 Å². The van der Waals surface area contributed by atoms with Crippen molar-refractivity contribution in [3.8, 4) is 5.75 Å². The monoisotopic (exact) mass is 344 g/mol. The summed E-state index contributed by atoms with van der Waals surface area (Å²) in [5.41, 5.74) is 0.0270. The SMILES string of the molecule is COc1ccc(Br)c(C(O)C(C)C(=O)OC(C)(C)C)c1. The average Bonchev–Trinajstić information content (AvgIpc) is 2.35. The maximum Gasteiger partial charge on any atom is 0.312 e. The number of rotatable bonds is 4. The molecule has 20 heavy (non-hydrogen) atoms. The molecule has 0 aliphatic carbocycles. The molecule has 0 amide bonds. The second-order valence-corrected chi connectivity index (χ2v) is 6.51. The first-order valence-corrected chi connectivity index (χ1v) is 7.19.